The van der Waals surface area contributed by atoms with Gasteiger partial charge in [-0.05, 0) is 30.7 Å². The number of carbonyl (C=O) groups excluding carboxylic acids is 2. The maximum Gasteiger partial charge on any atom is 0.262 e. The molecular formula is C15H10N4O3. The average Bonchev–Trinajstić information content (AvgIpc) is 2.73. The Morgan fingerprint density at radius 1 is 1.14 bits per heavy atom. The van der Waals surface area contributed by atoms with Gasteiger partial charge in [0.25, 0.3) is 17.4 Å². The van der Waals surface area contributed by atoms with Crippen LogP contribution in [-0.2, 0) is 0 Å². The lowest BCUT2D eigenvalue weighted by Gasteiger charge is -2.12. The second kappa shape index (κ2) is 4.56. The highest BCUT2D eigenvalue weighted by molar-refractivity contribution is 6.23. The number of carbonyl (C=O) groups is 2. The van der Waals surface area contributed by atoms with E-state index in [0.717, 1.165) is 16.2 Å². The van der Waals surface area contributed by atoms with E-state index in [2.05, 4.69) is 5.32 Å². The molecule has 3 N–H and O–H groups in total. The third kappa shape index (κ3) is 1.86. The van der Waals surface area contributed by atoms with Gasteiger partial charge in [0.15, 0.2) is 0 Å². The summed E-state index contributed by atoms with van der Waals surface area (Å²) in [6, 6.07) is 7.88. The molecule has 1 aliphatic heterocycles. The Morgan fingerprint density at radius 2 is 1.86 bits per heavy atom. The maximum atomic E-state index is 12.3. The number of nitriles is 1. The van der Waals surface area contributed by atoms with Crippen molar-refractivity contribution in [2.24, 2.45) is 0 Å². The van der Waals surface area contributed by atoms with Crippen LogP contribution in [0, 0.1) is 18.3 Å². The van der Waals surface area contributed by atoms with Gasteiger partial charge in [0.2, 0.25) is 0 Å². The minimum atomic E-state index is -0.641. The standard InChI is InChI=1S/C15H10N4O3/c1-7-2-8(6-16)4-9(3-7)19-11(20)5-10-12(13(19)17)15(22)18-14(10)21/h2-5H,17H2,1H3,(H,18,21,22). The van der Waals surface area contributed by atoms with Gasteiger partial charge in [-0.3, -0.25) is 24.3 Å². The van der Waals surface area contributed by atoms with Gasteiger partial charge < -0.3 is 5.73 Å². The van der Waals surface area contributed by atoms with E-state index >= 15 is 0 Å². The second-order valence-corrected chi connectivity index (χ2v) is 4.94. The topological polar surface area (TPSA) is 118 Å². The van der Waals surface area contributed by atoms with E-state index in [1.54, 1.807) is 19.1 Å². The molecule has 7 heteroatoms. The first-order valence-corrected chi connectivity index (χ1v) is 6.35. The number of benzene rings is 1. The zero-order valence-corrected chi connectivity index (χ0v) is 11.5. The quantitative estimate of drug-likeness (QED) is 0.742. The Bertz CT molecular complexity index is 950. The molecule has 0 atom stereocenters. The van der Waals surface area contributed by atoms with Crippen molar-refractivity contribution >= 4 is 17.6 Å². The number of hydrogen-bond acceptors (Lipinski definition) is 5. The number of fused-ring (bicyclic) bond motifs is 1. The summed E-state index contributed by atoms with van der Waals surface area (Å²) < 4.78 is 1.12. The van der Waals surface area contributed by atoms with Gasteiger partial charge in [-0.15, -0.1) is 0 Å². The van der Waals surface area contributed by atoms with E-state index in [1.165, 1.54) is 6.07 Å². The van der Waals surface area contributed by atoms with Crippen LogP contribution in [0.2, 0.25) is 0 Å². The molecule has 2 aromatic rings. The average molecular weight is 294 g/mol. The first kappa shape index (κ1) is 13.6. The predicted molar refractivity (Wildman–Crippen MR) is 77.7 cm³/mol. The molecule has 0 unspecified atom stereocenters. The number of anilines is 1. The summed E-state index contributed by atoms with van der Waals surface area (Å²) in [5, 5.41) is 11.1. The maximum absolute atomic E-state index is 12.3. The van der Waals surface area contributed by atoms with Gasteiger partial charge in [-0.2, -0.15) is 5.26 Å². The molecule has 0 aliphatic carbocycles. The van der Waals surface area contributed by atoms with Gasteiger partial charge in [0.1, 0.15) is 5.82 Å². The number of pyridine rings is 1. The summed E-state index contributed by atoms with van der Waals surface area (Å²) in [6.45, 7) is 1.77. The number of nitrogens with one attached hydrogen (secondary N) is 1. The third-order valence-corrected chi connectivity index (χ3v) is 3.40. The Labute approximate surface area is 124 Å². The highest BCUT2D eigenvalue weighted by Crippen LogP contribution is 2.23. The summed E-state index contributed by atoms with van der Waals surface area (Å²) >= 11 is 0. The van der Waals surface area contributed by atoms with Crippen LogP contribution in [-0.4, -0.2) is 16.4 Å². The third-order valence-electron chi connectivity index (χ3n) is 3.40. The molecule has 0 radical (unpaired) electrons. The molecule has 1 aromatic heterocycles. The van der Waals surface area contributed by atoms with Crippen LogP contribution in [0.1, 0.15) is 31.8 Å². The van der Waals surface area contributed by atoms with E-state index in [-0.39, 0.29) is 16.9 Å². The molecule has 22 heavy (non-hydrogen) atoms. The van der Waals surface area contributed by atoms with E-state index in [1.807, 2.05) is 6.07 Å². The minimum absolute atomic E-state index is 0.0235. The van der Waals surface area contributed by atoms with Crippen molar-refractivity contribution in [3.63, 3.8) is 0 Å². The first-order valence-electron chi connectivity index (χ1n) is 6.35. The van der Waals surface area contributed by atoms with Crippen LogP contribution in [0.25, 0.3) is 5.69 Å². The normalized spacial score (nSPS) is 12.7. The molecular weight excluding hydrogens is 284 g/mol. The number of aryl methyl sites for hydroxylation is 1. The second-order valence-electron chi connectivity index (χ2n) is 4.94. The van der Waals surface area contributed by atoms with Crippen molar-refractivity contribution in [1.82, 2.24) is 9.88 Å². The first-order chi connectivity index (χ1) is 10.4. The Kier molecular flexibility index (Phi) is 2.82. The number of aromatic nitrogens is 1. The molecule has 1 aromatic carbocycles. The molecule has 2 amide bonds. The number of rotatable bonds is 1. The van der Waals surface area contributed by atoms with Crippen LogP contribution in [0.15, 0.2) is 29.1 Å². The van der Waals surface area contributed by atoms with Gasteiger partial charge in [0.05, 0.1) is 28.4 Å². The highest BCUT2D eigenvalue weighted by atomic mass is 16.2. The van der Waals surface area contributed by atoms with Crippen molar-refractivity contribution in [2.75, 3.05) is 5.73 Å². The molecule has 2 heterocycles. The lowest BCUT2D eigenvalue weighted by atomic mass is 10.1. The fourth-order valence-corrected chi connectivity index (χ4v) is 2.50. The van der Waals surface area contributed by atoms with Gasteiger partial charge in [-0.25, -0.2) is 0 Å². The van der Waals surface area contributed by atoms with Crippen molar-refractivity contribution in [3.8, 4) is 11.8 Å². The van der Waals surface area contributed by atoms with E-state index in [0.29, 0.717) is 11.3 Å². The SMILES string of the molecule is Cc1cc(C#N)cc(-n2c(N)c3c(cc2=O)C(=O)NC3=O)c1. The van der Waals surface area contributed by atoms with Crippen molar-refractivity contribution in [3.05, 3.63) is 56.9 Å². The zero-order valence-electron chi connectivity index (χ0n) is 11.5. The van der Waals surface area contributed by atoms with Crippen LogP contribution in [0.4, 0.5) is 5.82 Å². The molecule has 108 valence electrons. The molecule has 3 rings (SSSR count). The predicted octanol–water partition coefficient (Wildman–Crippen LogP) is 0.483. The largest absolute Gasteiger partial charge is 0.384 e. The molecule has 7 nitrogen and oxygen atoms in total. The fraction of sp³-hybridized carbons (Fsp3) is 0.0667. The van der Waals surface area contributed by atoms with E-state index < -0.39 is 17.4 Å². The molecule has 0 spiro atoms. The van der Waals surface area contributed by atoms with Crippen LogP contribution < -0.4 is 16.6 Å². The molecule has 0 saturated heterocycles. The number of hydrogen-bond donors (Lipinski definition) is 2. The number of imide groups is 1. The number of amides is 2. The van der Waals surface area contributed by atoms with Crippen LogP contribution in [0.3, 0.4) is 0 Å². The van der Waals surface area contributed by atoms with E-state index in [9.17, 15) is 14.4 Å². The smallest absolute Gasteiger partial charge is 0.262 e. The number of nitrogens with two attached hydrogens (primary N) is 1. The van der Waals surface area contributed by atoms with Gasteiger partial charge in [0, 0.05) is 6.07 Å². The summed E-state index contributed by atoms with van der Waals surface area (Å²) in [5.41, 5.74) is 6.83. The van der Waals surface area contributed by atoms with Crippen LogP contribution in [0.5, 0.6) is 0 Å². The minimum Gasteiger partial charge on any atom is -0.384 e. The Hall–Kier alpha value is -3.40. The van der Waals surface area contributed by atoms with E-state index in [4.69, 9.17) is 11.0 Å². The lowest BCUT2D eigenvalue weighted by Crippen LogP contribution is -2.24. The van der Waals surface area contributed by atoms with Gasteiger partial charge >= 0.3 is 0 Å². The molecule has 0 fully saturated rings. The summed E-state index contributed by atoms with van der Waals surface area (Å²) in [5.74, 6) is -1.40. The molecule has 0 bridgehead atoms. The summed E-state index contributed by atoms with van der Waals surface area (Å²) in [7, 11) is 0. The lowest BCUT2D eigenvalue weighted by molar-refractivity contribution is 0.0880. The summed E-state index contributed by atoms with van der Waals surface area (Å²) in [4.78, 5) is 35.7. The fourth-order valence-electron chi connectivity index (χ4n) is 2.50. The molecule has 1 aliphatic rings. The number of nitrogen functional groups attached to an aromatic ring is 1. The Balaban J connectivity index is 2.35. The molecule has 0 saturated carbocycles. The highest BCUT2D eigenvalue weighted by Gasteiger charge is 2.31. The van der Waals surface area contributed by atoms with Crippen molar-refractivity contribution in [1.29, 1.82) is 5.26 Å². The van der Waals surface area contributed by atoms with Crippen molar-refractivity contribution < 1.29 is 9.59 Å². The zero-order chi connectivity index (χ0) is 16.0. The van der Waals surface area contributed by atoms with Crippen LogP contribution >= 0.6 is 0 Å². The Morgan fingerprint density at radius 3 is 2.55 bits per heavy atom. The summed E-state index contributed by atoms with van der Waals surface area (Å²) in [6.07, 6.45) is 0. The van der Waals surface area contributed by atoms with Gasteiger partial charge in [-0.1, -0.05) is 0 Å². The van der Waals surface area contributed by atoms with Crippen molar-refractivity contribution in [2.45, 2.75) is 6.92 Å². The monoisotopic (exact) mass is 294 g/mol. The number of nitrogens with zero attached hydrogens (tertiary/aromatic N) is 2.